The first-order valence-corrected chi connectivity index (χ1v) is 10.7. The summed E-state index contributed by atoms with van der Waals surface area (Å²) < 4.78 is 37.7. The van der Waals surface area contributed by atoms with Gasteiger partial charge in [-0.2, -0.15) is 0 Å². The maximum atomic E-state index is 6.44. The van der Waals surface area contributed by atoms with E-state index < -0.39 is 11.6 Å². The first-order chi connectivity index (χ1) is 12.7. The fourth-order valence-electron chi connectivity index (χ4n) is 5.46. The van der Waals surface area contributed by atoms with E-state index in [2.05, 4.69) is 0 Å². The van der Waals surface area contributed by atoms with Crippen LogP contribution in [-0.4, -0.2) is 55.5 Å². The monoisotopic (exact) mass is 368 g/mol. The van der Waals surface area contributed by atoms with Crippen LogP contribution in [0.15, 0.2) is 0 Å². The molecule has 0 aromatic carbocycles. The quantitative estimate of drug-likeness (QED) is 0.762. The Hall–Kier alpha value is -0.240. The van der Waals surface area contributed by atoms with E-state index in [0.717, 1.165) is 38.5 Å². The molecule has 0 aromatic rings. The summed E-state index contributed by atoms with van der Waals surface area (Å²) in [5.74, 6) is -0.849. The van der Waals surface area contributed by atoms with Gasteiger partial charge < -0.3 is 28.4 Å². The van der Waals surface area contributed by atoms with Crippen molar-refractivity contribution in [3.63, 3.8) is 0 Å². The minimum absolute atomic E-state index is 0.107. The molecule has 26 heavy (non-hydrogen) atoms. The second kappa shape index (κ2) is 6.98. The zero-order valence-electron chi connectivity index (χ0n) is 15.8. The fraction of sp³-hybridized carbons (Fsp3) is 1.00. The number of rotatable bonds is 3. The average molecular weight is 368 g/mol. The summed E-state index contributed by atoms with van der Waals surface area (Å²) in [6.07, 6.45) is 10.1. The minimum Gasteiger partial charge on any atom is -0.373 e. The van der Waals surface area contributed by atoms with E-state index in [-0.39, 0.29) is 30.7 Å². The molecule has 5 fully saturated rings. The highest BCUT2D eigenvalue weighted by atomic mass is 16.9. The van der Waals surface area contributed by atoms with Crippen molar-refractivity contribution in [1.29, 1.82) is 0 Å². The Labute approximate surface area is 155 Å². The molecule has 3 aliphatic heterocycles. The van der Waals surface area contributed by atoms with Crippen LogP contribution in [0, 0.1) is 0 Å². The van der Waals surface area contributed by atoms with Crippen LogP contribution >= 0.6 is 0 Å². The maximum Gasteiger partial charge on any atom is 0.190 e. The summed E-state index contributed by atoms with van der Waals surface area (Å²) in [7, 11) is 0. The molecule has 6 heteroatoms. The lowest BCUT2D eigenvalue weighted by Crippen LogP contribution is -2.45. The van der Waals surface area contributed by atoms with Gasteiger partial charge in [-0.3, -0.25) is 0 Å². The Bertz CT molecular complexity index is 499. The molecule has 0 bridgehead atoms. The fourth-order valence-corrected chi connectivity index (χ4v) is 5.46. The number of fused-ring (bicyclic) bond motifs is 1. The predicted molar refractivity (Wildman–Crippen MR) is 92.5 cm³/mol. The lowest BCUT2D eigenvalue weighted by molar-refractivity contribution is -0.262. The molecular weight excluding hydrogens is 336 g/mol. The Morgan fingerprint density at radius 1 is 0.808 bits per heavy atom. The summed E-state index contributed by atoms with van der Waals surface area (Å²) in [6, 6.07) is 0. The summed E-state index contributed by atoms with van der Waals surface area (Å²) in [5, 5.41) is 0. The zero-order valence-corrected chi connectivity index (χ0v) is 15.8. The highest BCUT2D eigenvalue weighted by Gasteiger charge is 2.61. The highest BCUT2D eigenvalue weighted by molar-refractivity contribution is 5.01. The highest BCUT2D eigenvalue weighted by Crippen LogP contribution is 2.48. The van der Waals surface area contributed by atoms with Crippen molar-refractivity contribution in [2.75, 3.05) is 13.2 Å². The van der Waals surface area contributed by atoms with Crippen LogP contribution in [0.1, 0.15) is 71.1 Å². The molecule has 2 aliphatic carbocycles. The molecule has 0 unspecified atom stereocenters. The second-order valence-corrected chi connectivity index (χ2v) is 8.50. The van der Waals surface area contributed by atoms with Gasteiger partial charge in [-0.05, 0) is 32.6 Å². The minimum atomic E-state index is -0.453. The molecule has 5 rings (SSSR count). The molecule has 2 saturated carbocycles. The van der Waals surface area contributed by atoms with Crippen LogP contribution in [0.2, 0.25) is 0 Å². The van der Waals surface area contributed by atoms with Gasteiger partial charge in [0.15, 0.2) is 17.9 Å². The van der Waals surface area contributed by atoms with Crippen LogP contribution in [0.5, 0.6) is 0 Å². The molecule has 2 spiro atoms. The van der Waals surface area contributed by atoms with E-state index >= 15 is 0 Å². The standard InChI is InChI=1S/C20H32O6/c1-2-21-16-15(14-13-22-19(24-14)9-5-3-6-10-19)23-18-17(16)25-20(26-18)11-7-4-8-12-20/h14-18H,2-13H2,1H3/t14-,15-,16+,17+,18+/m0/s1. The van der Waals surface area contributed by atoms with E-state index in [0.29, 0.717) is 13.2 Å². The smallest absolute Gasteiger partial charge is 0.190 e. The molecule has 3 heterocycles. The Morgan fingerprint density at radius 3 is 2.19 bits per heavy atom. The first-order valence-electron chi connectivity index (χ1n) is 10.7. The zero-order chi connectivity index (χ0) is 17.6. The van der Waals surface area contributed by atoms with Gasteiger partial charge in [-0.1, -0.05) is 12.8 Å². The van der Waals surface area contributed by atoms with Crippen molar-refractivity contribution in [2.24, 2.45) is 0 Å². The molecular formula is C20H32O6. The number of hydrogen-bond donors (Lipinski definition) is 0. The molecule has 0 aromatic heterocycles. The largest absolute Gasteiger partial charge is 0.373 e. The van der Waals surface area contributed by atoms with Crippen LogP contribution in [-0.2, 0) is 28.4 Å². The Morgan fingerprint density at radius 2 is 1.50 bits per heavy atom. The number of hydrogen-bond acceptors (Lipinski definition) is 6. The first kappa shape index (κ1) is 17.8. The summed E-state index contributed by atoms with van der Waals surface area (Å²) in [5.41, 5.74) is 0. The van der Waals surface area contributed by atoms with E-state index in [9.17, 15) is 0 Å². The van der Waals surface area contributed by atoms with Gasteiger partial charge >= 0.3 is 0 Å². The van der Waals surface area contributed by atoms with Crippen LogP contribution in [0.4, 0.5) is 0 Å². The van der Waals surface area contributed by atoms with Crippen LogP contribution in [0.25, 0.3) is 0 Å². The summed E-state index contributed by atoms with van der Waals surface area (Å²) in [4.78, 5) is 0. The molecule has 3 saturated heterocycles. The summed E-state index contributed by atoms with van der Waals surface area (Å²) >= 11 is 0. The van der Waals surface area contributed by atoms with Crippen LogP contribution < -0.4 is 0 Å². The SMILES string of the molecule is CCO[C@@H]1[C@H]([C@@H]2COC3(CCCCC3)O2)O[C@@H]2OC3(CCCCC3)O[C@@H]21. The normalized spacial score (nSPS) is 44.0. The number of ether oxygens (including phenoxy) is 6. The molecule has 148 valence electrons. The van der Waals surface area contributed by atoms with Gasteiger partial charge in [0.2, 0.25) is 0 Å². The van der Waals surface area contributed by atoms with E-state index in [1.165, 1.54) is 25.7 Å². The molecule has 0 amide bonds. The van der Waals surface area contributed by atoms with Gasteiger partial charge in [0.1, 0.15) is 24.4 Å². The van der Waals surface area contributed by atoms with Crippen molar-refractivity contribution >= 4 is 0 Å². The van der Waals surface area contributed by atoms with Crippen molar-refractivity contribution in [3.05, 3.63) is 0 Å². The third-order valence-electron chi connectivity index (χ3n) is 6.72. The van der Waals surface area contributed by atoms with Crippen molar-refractivity contribution in [1.82, 2.24) is 0 Å². The second-order valence-electron chi connectivity index (χ2n) is 8.50. The van der Waals surface area contributed by atoms with Gasteiger partial charge in [0, 0.05) is 32.3 Å². The summed E-state index contributed by atoms with van der Waals surface area (Å²) in [6.45, 7) is 3.22. The molecule has 5 atom stereocenters. The third-order valence-corrected chi connectivity index (χ3v) is 6.72. The lowest BCUT2D eigenvalue weighted by atomic mass is 9.94. The van der Waals surface area contributed by atoms with Crippen molar-refractivity contribution in [3.8, 4) is 0 Å². The van der Waals surface area contributed by atoms with E-state index in [1.54, 1.807) is 0 Å². The average Bonchev–Trinajstić information content (AvgIpc) is 3.30. The van der Waals surface area contributed by atoms with Crippen molar-refractivity contribution in [2.45, 2.75) is 113 Å². The van der Waals surface area contributed by atoms with Crippen molar-refractivity contribution < 1.29 is 28.4 Å². The molecule has 0 N–H and O–H groups in total. The lowest BCUT2D eigenvalue weighted by Gasteiger charge is -2.35. The topological polar surface area (TPSA) is 55.4 Å². The molecule has 0 radical (unpaired) electrons. The van der Waals surface area contributed by atoms with E-state index in [4.69, 9.17) is 28.4 Å². The maximum absolute atomic E-state index is 6.44. The Kier molecular flexibility index (Phi) is 4.78. The predicted octanol–water partition coefficient (Wildman–Crippen LogP) is 3.27. The Balaban J connectivity index is 1.29. The van der Waals surface area contributed by atoms with E-state index in [1.807, 2.05) is 6.92 Å². The van der Waals surface area contributed by atoms with Gasteiger partial charge in [0.25, 0.3) is 0 Å². The van der Waals surface area contributed by atoms with Crippen LogP contribution in [0.3, 0.4) is 0 Å². The molecule has 5 aliphatic rings. The van der Waals surface area contributed by atoms with Gasteiger partial charge in [-0.15, -0.1) is 0 Å². The van der Waals surface area contributed by atoms with Gasteiger partial charge in [0.05, 0.1) is 6.61 Å². The van der Waals surface area contributed by atoms with Gasteiger partial charge in [-0.25, -0.2) is 0 Å². The third kappa shape index (κ3) is 3.03. The molecule has 6 nitrogen and oxygen atoms in total.